The van der Waals surface area contributed by atoms with Crippen LogP contribution in [0.1, 0.15) is 29.9 Å². The third kappa shape index (κ3) is 3.79. The molecular formula is C17H27N3O4. The van der Waals surface area contributed by atoms with Crippen LogP contribution in [0.15, 0.2) is 4.52 Å². The number of carbonyl (C=O) groups is 1. The van der Waals surface area contributed by atoms with Gasteiger partial charge in [-0.2, -0.15) is 0 Å². The van der Waals surface area contributed by atoms with Gasteiger partial charge in [0.15, 0.2) is 0 Å². The molecule has 0 unspecified atom stereocenters. The van der Waals surface area contributed by atoms with Crippen LogP contribution in [-0.4, -0.2) is 61.5 Å². The summed E-state index contributed by atoms with van der Waals surface area (Å²) in [4.78, 5) is 14.5. The van der Waals surface area contributed by atoms with Crippen LogP contribution in [0.4, 0.5) is 0 Å². The number of likely N-dealkylation sites (tertiary alicyclic amines) is 1. The van der Waals surface area contributed by atoms with Crippen molar-refractivity contribution < 1.29 is 18.8 Å². The van der Waals surface area contributed by atoms with Gasteiger partial charge in [-0.15, -0.1) is 0 Å². The highest BCUT2D eigenvalue weighted by Gasteiger charge is 2.41. The number of nitrogens with zero attached hydrogens (tertiary/aromatic N) is 2. The average molecular weight is 337 g/mol. The van der Waals surface area contributed by atoms with E-state index >= 15 is 0 Å². The monoisotopic (exact) mass is 337 g/mol. The Morgan fingerprint density at radius 1 is 1.46 bits per heavy atom. The van der Waals surface area contributed by atoms with Crippen LogP contribution in [0.3, 0.4) is 0 Å². The Balaban J connectivity index is 1.52. The Kier molecular flexibility index (Phi) is 5.53. The number of ether oxygens (including phenoxy) is 2. The molecule has 0 spiro atoms. The van der Waals surface area contributed by atoms with Crippen LogP contribution in [0.2, 0.25) is 0 Å². The van der Waals surface area contributed by atoms with E-state index in [-0.39, 0.29) is 18.1 Å². The van der Waals surface area contributed by atoms with Crippen molar-refractivity contribution in [3.8, 4) is 0 Å². The van der Waals surface area contributed by atoms with E-state index < -0.39 is 0 Å². The van der Waals surface area contributed by atoms with Gasteiger partial charge < -0.3 is 19.3 Å². The zero-order valence-electron chi connectivity index (χ0n) is 14.7. The summed E-state index contributed by atoms with van der Waals surface area (Å²) >= 11 is 0. The van der Waals surface area contributed by atoms with Gasteiger partial charge in [0.1, 0.15) is 11.9 Å². The third-order valence-electron chi connectivity index (χ3n) is 5.10. The molecule has 1 N–H and O–H groups in total. The number of fused-ring (bicyclic) bond motifs is 1. The molecule has 3 atom stereocenters. The molecule has 2 saturated heterocycles. The van der Waals surface area contributed by atoms with Crippen molar-refractivity contribution in [2.24, 2.45) is 5.92 Å². The van der Waals surface area contributed by atoms with Crippen LogP contribution in [0.25, 0.3) is 0 Å². The molecule has 3 heterocycles. The minimum Gasteiger partial charge on any atom is -0.383 e. The topological polar surface area (TPSA) is 76.8 Å². The van der Waals surface area contributed by atoms with E-state index in [0.29, 0.717) is 19.1 Å². The highest BCUT2D eigenvalue weighted by molar-refractivity contribution is 5.81. The van der Waals surface area contributed by atoms with Crippen LogP contribution in [0.5, 0.6) is 0 Å². The normalized spacial score (nSPS) is 27.2. The molecule has 7 nitrogen and oxygen atoms in total. The molecule has 2 fully saturated rings. The number of rotatable bonds is 6. The lowest BCUT2D eigenvalue weighted by Crippen LogP contribution is -2.42. The lowest BCUT2D eigenvalue weighted by atomic mass is 9.91. The summed E-state index contributed by atoms with van der Waals surface area (Å²) < 4.78 is 16.2. The maximum atomic E-state index is 12.2. The first kappa shape index (κ1) is 17.4. The van der Waals surface area contributed by atoms with Gasteiger partial charge in [0.25, 0.3) is 0 Å². The fraction of sp³-hybridized carbons (Fsp3) is 0.765. The number of amides is 1. The number of methoxy groups -OCH3 is 1. The lowest BCUT2D eigenvalue weighted by Gasteiger charge is -2.33. The first-order valence-electron chi connectivity index (χ1n) is 8.64. The van der Waals surface area contributed by atoms with Crippen molar-refractivity contribution in [2.45, 2.75) is 45.4 Å². The molecule has 0 aromatic carbocycles. The second-order valence-corrected chi connectivity index (χ2v) is 6.77. The third-order valence-corrected chi connectivity index (χ3v) is 5.10. The molecule has 134 valence electrons. The van der Waals surface area contributed by atoms with Gasteiger partial charge in [0, 0.05) is 32.3 Å². The Morgan fingerprint density at radius 2 is 2.29 bits per heavy atom. The van der Waals surface area contributed by atoms with E-state index in [1.807, 2.05) is 13.8 Å². The summed E-state index contributed by atoms with van der Waals surface area (Å²) in [5.74, 6) is 1.35. The molecule has 7 heteroatoms. The van der Waals surface area contributed by atoms with E-state index in [1.54, 1.807) is 7.11 Å². The van der Waals surface area contributed by atoms with Crippen molar-refractivity contribution in [3.63, 3.8) is 0 Å². The zero-order chi connectivity index (χ0) is 17.1. The minimum atomic E-state index is -0.323. The number of aromatic nitrogens is 1. The second kappa shape index (κ2) is 7.63. The zero-order valence-corrected chi connectivity index (χ0v) is 14.7. The SMILES string of the molecule is COCCNC(=O)[C@@H]1C[C@@H]2CCN(Cc3c(C)noc3C)C[C@H]2O1. The van der Waals surface area contributed by atoms with Crippen LogP contribution >= 0.6 is 0 Å². The smallest absolute Gasteiger partial charge is 0.249 e. The number of hydrogen-bond donors (Lipinski definition) is 1. The minimum absolute atomic E-state index is 0.0151. The predicted octanol–water partition coefficient (Wildman–Crippen LogP) is 1.03. The molecule has 0 aliphatic carbocycles. The fourth-order valence-electron chi connectivity index (χ4n) is 3.65. The number of hydrogen-bond acceptors (Lipinski definition) is 6. The molecule has 1 aromatic rings. The molecule has 0 saturated carbocycles. The quantitative estimate of drug-likeness (QED) is 0.782. The molecule has 0 bridgehead atoms. The Hall–Kier alpha value is -1.44. The van der Waals surface area contributed by atoms with E-state index in [4.69, 9.17) is 14.0 Å². The Labute approximate surface area is 142 Å². The average Bonchev–Trinajstić information content (AvgIpc) is 3.13. The molecule has 0 radical (unpaired) electrons. The number of piperidine rings is 1. The van der Waals surface area contributed by atoms with Crippen LogP contribution < -0.4 is 5.32 Å². The van der Waals surface area contributed by atoms with Crippen molar-refractivity contribution in [1.82, 2.24) is 15.4 Å². The number of carbonyl (C=O) groups excluding carboxylic acids is 1. The van der Waals surface area contributed by atoms with E-state index in [1.165, 1.54) is 5.56 Å². The Morgan fingerprint density at radius 3 is 3.00 bits per heavy atom. The maximum absolute atomic E-state index is 12.2. The first-order valence-corrected chi connectivity index (χ1v) is 8.64. The van der Waals surface area contributed by atoms with Crippen molar-refractivity contribution in [1.29, 1.82) is 0 Å². The lowest BCUT2D eigenvalue weighted by molar-refractivity contribution is -0.133. The van der Waals surface area contributed by atoms with Gasteiger partial charge in [-0.05, 0) is 39.2 Å². The van der Waals surface area contributed by atoms with Gasteiger partial charge in [0.05, 0.1) is 18.4 Å². The molecule has 1 aromatic heterocycles. The van der Waals surface area contributed by atoms with Crippen LogP contribution in [0, 0.1) is 19.8 Å². The Bertz CT molecular complexity index is 555. The predicted molar refractivity (Wildman–Crippen MR) is 87.5 cm³/mol. The van der Waals surface area contributed by atoms with Gasteiger partial charge in [-0.25, -0.2) is 0 Å². The van der Waals surface area contributed by atoms with Gasteiger partial charge in [-0.1, -0.05) is 5.16 Å². The van der Waals surface area contributed by atoms with Crippen molar-refractivity contribution in [2.75, 3.05) is 33.4 Å². The van der Waals surface area contributed by atoms with E-state index in [9.17, 15) is 4.79 Å². The summed E-state index contributed by atoms with van der Waals surface area (Å²) in [5.41, 5.74) is 2.12. The molecule has 2 aliphatic heterocycles. The molecule has 1 amide bonds. The van der Waals surface area contributed by atoms with E-state index in [2.05, 4.69) is 15.4 Å². The number of aryl methyl sites for hydroxylation is 2. The van der Waals surface area contributed by atoms with Gasteiger partial charge in [0.2, 0.25) is 5.91 Å². The van der Waals surface area contributed by atoms with Gasteiger partial charge >= 0.3 is 0 Å². The highest BCUT2D eigenvalue weighted by Crippen LogP contribution is 2.34. The summed E-state index contributed by atoms with van der Waals surface area (Å²) in [5, 5.41) is 6.90. The molecule has 3 rings (SSSR count). The van der Waals surface area contributed by atoms with Crippen molar-refractivity contribution >= 4 is 5.91 Å². The summed E-state index contributed by atoms with van der Waals surface area (Å²) in [6.45, 7) is 7.69. The first-order chi connectivity index (χ1) is 11.6. The summed E-state index contributed by atoms with van der Waals surface area (Å²) in [6, 6.07) is 0. The standard InChI is InChI=1S/C17H27N3O4/c1-11-14(12(2)24-19-11)9-20-6-4-13-8-15(23-16(13)10-20)17(21)18-5-7-22-3/h13,15-16H,4-10H2,1-3H3,(H,18,21)/t13-,15-,16+/m0/s1. The molecule has 2 aliphatic rings. The largest absolute Gasteiger partial charge is 0.383 e. The van der Waals surface area contributed by atoms with Crippen LogP contribution in [-0.2, 0) is 20.8 Å². The second-order valence-electron chi connectivity index (χ2n) is 6.77. The fourth-order valence-corrected chi connectivity index (χ4v) is 3.65. The molecular weight excluding hydrogens is 310 g/mol. The molecule has 24 heavy (non-hydrogen) atoms. The van der Waals surface area contributed by atoms with Crippen molar-refractivity contribution in [3.05, 3.63) is 17.0 Å². The maximum Gasteiger partial charge on any atom is 0.249 e. The highest BCUT2D eigenvalue weighted by atomic mass is 16.5. The van der Waals surface area contributed by atoms with E-state index in [0.717, 1.165) is 43.9 Å². The van der Waals surface area contributed by atoms with Gasteiger partial charge in [-0.3, -0.25) is 9.69 Å². The number of nitrogens with one attached hydrogen (secondary N) is 1. The summed E-state index contributed by atoms with van der Waals surface area (Å²) in [6.07, 6.45) is 1.70. The summed E-state index contributed by atoms with van der Waals surface area (Å²) in [7, 11) is 1.63.